The summed E-state index contributed by atoms with van der Waals surface area (Å²) in [7, 11) is 3.31. The first-order chi connectivity index (χ1) is 20.0. The third kappa shape index (κ3) is 11.0. The summed E-state index contributed by atoms with van der Waals surface area (Å²) in [5, 5.41) is 5.77. The number of ether oxygens (including phenoxy) is 1. The number of hydrogen-bond donors (Lipinski definition) is 2. The van der Waals surface area contributed by atoms with Gasteiger partial charge < -0.3 is 25.2 Å². The van der Waals surface area contributed by atoms with Gasteiger partial charge in [0.25, 0.3) is 0 Å². The van der Waals surface area contributed by atoms with Gasteiger partial charge in [0.15, 0.2) is 0 Å². The molecule has 236 valence electrons. The van der Waals surface area contributed by atoms with Crippen LogP contribution in [-0.4, -0.2) is 85.4 Å². The average molecular weight is 587 g/mol. The van der Waals surface area contributed by atoms with Gasteiger partial charge in [0.05, 0.1) is 25.1 Å². The van der Waals surface area contributed by atoms with Crippen LogP contribution in [0.1, 0.15) is 78.7 Å². The van der Waals surface area contributed by atoms with Crippen molar-refractivity contribution in [3.8, 4) is 0 Å². The molecule has 2 N–H and O–H groups in total. The van der Waals surface area contributed by atoms with E-state index < -0.39 is 6.10 Å². The minimum atomic E-state index is -0.493. The number of amides is 4. The molecule has 9 heteroatoms. The number of methoxy groups -OCH3 is 1. The quantitative estimate of drug-likeness (QED) is 0.289. The number of carbonyl (C=O) groups is 4. The van der Waals surface area contributed by atoms with Crippen molar-refractivity contribution in [1.29, 1.82) is 0 Å². The lowest BCUT2D eigenvalue weighted by Gasteiger charge is -2.38. The van der Waals surface area contributed by atoms with E-state index in [4.69, 9.17) is 4.74 Å². The maximum Gasteiger partial charge on any atom is 0.242 e. The van der Waals surface area contributed by atoms with Crippen LogP contribution in [0.15, 0.2) is 30.3 Å². The molecule has 1 fully saturated rings. The van der Waals surface area contributed by atoms with Crippen LogP contribution >= 0.6 is 0 Å². The summed E-state index contributed by atoms with van der Waals surface area (Å²) in [6, 6.07) is 9.75. The van der Waals surface area contributed by atoms with Crippen LogP contribution in [0.25, 0.3) is 0 Å². The highest BCUT2D eigenvalue weighted by Gasteiger charge is 2.37. The third-order valence-corrected chi connectivity index (χ3v) is 8.48. The smallest absolute Gasteiger partial charge is 0.242 e. The molecule has 0 bridgehead atoms. The Morgan fingerprint density at radius 2 is 1.74 bits per heavy atom. The monoisotopic (exact) mass is 586 g/mol. The first-order valence-corrected chi connectivity index (χ1v) is 15.6. The van der Waals surface area contributed by atoms with E-state index in [2.05, 4.69) is 36.6 Å². The lowest BCUT2D eigenvalue weighted by atomic mass is 9.90. The van der Waals surface area contributed by atoms with Crippen molar-refractivity contribution in [2.24, 2.45) is 17.8 Å². The third-order valence-electron chi connectivity index (χ3n) is 8.48. The zero-order valence-electron chi connectivity index (χ0n) is 26.9. The van der Waals surface area contributed by atoms with Gasteiger partial charge in [0, 0.05) is 45.6 Å². The largest absolute Gasteiger partial charge is 0.379 e. The van der Waals surface area contributed by atoms with Crippen LogP contribution in [0.5, 0.6) is 0 Å². The van der Waals surface area contributed by atoms with Crippen molar-refractivity contribution in [2.45, 2.75) is 97.8 Å². The summed E-state index contributed by atoms with van der Waals surface area (Å²) < 4.78 is 5.86. The summed E-state index contributed by atoms with van der Waals surface area (Å²) in [5.74, 6) is -0.279. The second-order valence-corrected chi connectivity index (χ2v) is 12.3. The summed E-state index contributed by atoms with van der Waals surface area (Å²) in [6.45, 7) is 11.1. The van der Waals surface area contributed by atoms with Gasteiger partial charge >= 0.3 is 0 Å². The highest BCUT2D eigenvalue weighted by Crippen LogP contribution is 2.27. The molecule has 1 unspecified atom stereocenters. The number of likely N-dealkylation sites (tertiary alicyclic amines) is 1. The summed E-state index contributed by atoms with van der Waals surface area (Å²) in [6.07, 6.45) is 4.00. The molecule has 0 aromatic heterocycles. The molecule has 1 heterocycles. The molecule has 0 aliphatic carbocycles. The van der Waals surface area contributed by atoms with Crippen molar-refractivity contribution < 1.29 is 23.9 Å². The standard InChI is InChI=1S/C33H54N4O5/c1-8-24(4)32(36(6)31(40)22-35-29(38)19-23(2)3)28(42-7)21-30(39)37-18-12-15-27(37)20-25(5)33(41)34-17-16-26-13-10-9-11-14-26/h9-11,13-14,23-25,27-28,32H,8,12,15-22H2,1-7H3,(H,34,41)(H,35,38)/t24-,25+,27-,28+,32?/m0/s1. The lowest BCUT2D eigenvalue weighted by molar-refractivity contribution is -0.143. The minimum absolute atomic E-state index is 0.00228. The fourth-order valence-electron chi connectivity index (χ4n) is 5.85. The number of hydrogen-bond acceptors (Lipinski definition) is 5. The first kappa shape index (κ1) is 35.3. The summed E-state index contributed by atoms with van der Waals surface area (Å²) in [5.41, 5.74) is 1.18. The van der Waals surface area contributed by atoms with E-state index in [1.807, 2.05) is 43.9 Å². The van der Waals surface area contributed by atoms with Gasteiger partial charge in [-0.05, 0) is 43.1 Å². The molecule has 1 aliphatic heterocycles. The molecule has 2 rings (SSSR count). The molecule has 0 spiro atoms. The van der Waals surface area contributed by atoms with E-state index >= 15 is 0 Å². The molecular weight excluding hydrogens is 532 g/mol. The van der Waals surface area contributed by atoms with Crippen molar-refractivity contribution in [1.82, 2.24) is 20.4 Å². The Labute approximate surface area is 253 Å². The van der Waals surface area contributed by atoms with Crippen molar-refractivity contribution >= 4 is 23.6 Å². The van der Waals surface area contributed by atoms with Gasteiger partial charge in [-0.3, -0.25) is 19.2 Å². The molecule has 0 radical (unpaired) electrons. The second-order valence-electron chi connectivity index (χ2n) is 12.3. The fourth-order valence-corrected chi connectivity index (χ4v) is 5.85. The van der Waals surface area contributed by atoms with Gasteiger partial charge in [-0.15, -0.1) is 0 Å². The zero-order valence-corrected chi connectivity index (χ0v) is 26.9. The molecule has 5 atom stereocenters. The van der Waals surface area contributed by atoms with E-state index in [-0.39, 0.29) is 66.4 Å². The summed E-state index contributed by atoms with van der Waals surface area (Å²) >= 11 is 0. The van der Waals surface area contributed by atoms with Crippen LogP contribution < -0.4 is 10.6 Å². The summed E-state index contributed by atoms with van der Waals surface area (Å²) in [4.78, 5) is 55.1. The SMILES string of the molecule is CC[C@H](C)C([C@@H](CC(=O)N1CCC[C@H]1C[C@@H](C)C(=O)NCCc1ccccc1)OC)N(C)C(=O)CNC(=O)CC(C)C. The molecule has 42 heavy (non-hydrogen) atoms. The molecule has 1 aliphatic rings. The average Bonchev–Trinajstić information content (AvgIpc) is 3.43. The van der Waals surface area contributed by atoms with E-state index in [1.54, 1.807) is 19.1 Å². The lowest BCUT2D eigenvalue weighted by Crippen LogP contribution is -2.53. The molecule has 1 aromatic carbocycles. The number of likely N-dealkylation sites (N-methyl/N-ethyl adjacent to an activating group) is 1. The van der Waals surface area contributed by atoms with Crippen LogP contribution in [-0.2, 0) is 30.3 Å². The van der Waals surface area contributed by atoms with Crippen molar-refractivity contribution in [3.05, 3.63) is 35.9 Å². The fraction of sp³-hybridized carbons (Fsp3) is 0.697. The maximum absolute atomic E-state index is 13.6. The van der Waals surface area contributed by atoms with Crippen LogP contribution in [0.4, 0.5) is 0 Å². The second kappa shape index (κ2) is 17.9. The highest BCUT2D eigenvalue weighted by atomic mass is 16.5. The molecule has 0 saturated carbocycles. The van der Waals surface area contributed by atoms with Gasteiger partial charge in [-0.25, -0.2) is 0 Å². The van der Waals surface area contributed by atoms with Gasteiger partial charge in [-0.1, -0.05) is 71.4 Å². The predicted molar refractivity (Wildman–Crippen MR) is 166 cm³/mol. The number of nitrogens with zero attached hydrogens (tertiary/aromatic N) is 2. The van der Waals surface area contributed by atoms with Gasteiger partial charge in [-0.2, -0.15) is 0 Å². The van der Waals surface area contributed by atoms with E-state index in [0.717, 1.165) is 25.7 Å². The number of rotatable bonds is 17. The Balaban J connectivity index is 1.97. The number of benzene rings is 1. The predicted octanol–water partition coefficient (Wildman–Crippen LogP) is 3.80. The molecule has 1 aromatic rings. The zero-order chi connectivity index (χ0) is 31.2. The Bertz CT molecular complexity index is 1000. The normalized spacial score (nSPS) is 17.8. The Morgan fingerprint density at radius 3 is 2.36 bits per heavy atom. The molecular formula is C33H54N4O5. The topological polar surface area (TPSA) is 108 Å². The van der Waals surface area contributed by atoms with E-state index in [0.29, 0.717) is 25.9 Å². The Morgan fingerprint density at radius 1 is 1.05 bits per heavy atom. The molecule has 9 nitrogen and oxygen atoms in total. The number of nitrogens with one attached hydrogen (secondary N) is 2. The maximum atomic E-state index is 13.6. The van der Waals surface area contributed by atoms with E-state index in [1.165, 1.54) is 5.56 Å². The van der Waals surface area contributed by atoms with Gasteiger partial charge in [0.1, 0.15) is 0 Å². The minimum Gasteiger partial charge on any atom is -0.379 e. The van der Waals surface area contributed by atoms with Gasteiger partial charge in [0.2, 0.25) is 23.6 Å². The molecule has 1 saturated heterocycles. The van der Waals surface area contributed by atoms with Crippen molar-refractivity contribution in [2.75, 3.05) is 33.8 Å². The Hall–Kier alpha value is -2.94. The van der Waals surface area contributed by atoms with Crippen LogP contribution in [0, 0.1) is 17.8 Å². The van der Waals surface area contributed by atoms with Crippen molar-refractivity contribution in [3.63, 3.8) is 0 Å². The Kier molecular flexibility index (Phi) is 15.0. The van der Waals surface area contributed by atoms with E-state index in [9.17, 15) is 19.2 Å². The molecule has 4 amide bonds. The highest BCUT2D eigenvalue weighted by molar-refractivity contribution is 5.85. The first-order valence-electron chi connectivity index (χ1n) is 15.6. The number of carbonyl (C=O) groups excluding carboxylic acids is 4. The van der Waals surface area contributed by atoms with Crippen LogP contribution in [0.3, 0.4) is 0 Å². The van der Waals surface area contributed by atoms with Crippen LogP contribution in [0.2, 0.25) is 0 Å².